The molecule has 0 fully saturated rings. The standard InChI is InChI=1S/C22H33N5O6S/c1-3-12(2)18(22(32)33)27-21(31)16(11-34)26-20(30)15(10-17(24)28)25-19(29)14(23)9-13-7-5-4-6-8-13/h4-8,12,14-16,18,34H,3,9-11,23H2,1-2H3,(H2,24,28)(H,25,29)(H,26,30)(H,27,31)(H,32,33). The minimum atomic E-state index is -1.38. The molecule has 1 rings (SSSR count). The molecule has 0 bridgehead atoms. The highest BCUT2D eigenvalue weighted by Gasteiger charge is 2.32. The smallest absolute Gasteiger partial charge is 0.326 e. The number of nitrogens with two attached hydrogens (primary N) is 2. The zero-order chi connectivity index (χ0) is 25.8. The van der Waals surface area contributed by atoms with Gasteiger partial charge in [-0.3, -0.25) is 19.2 Å². The lowest BCUT2D eigenvalue weighted by Crippen LogP contribution is -2.58. The largest absolute Gasteiger partial charge is 0.480 e. The maximum atomic E-state index is 12.8. The molecule has 1 aromatic carbocycles. The molecule has 0 saturated heterocycles. The summed E-state index contributed by atoms with van der Waals surface area (Å²) in [5.74, 6) is -4.88. The number of carbonyl (C=O) groups is 5. The van der Waals surface area contributed by atoms with Gasteiger partial charge < -0.3 is 32.5 Å². The summed E-state index contributed by atoms with van der Waals surface area (Å²) in [6.07, 6.45) is 0.178. The quantitative estimate of drug-likeness (QED) is 0.160. The minimum absolute atomic E-state index is 0.158. The predicted molar refractivity (Wildman–Crippen MR) is 129 cm³/mol. The minimum Gasteiger partial charge on any atom is -0.480 e. The fraction of sp³-hybridized carbons (Fsp3) is 0.500. The Morgan fingerprint density at radius 3 is 2.03 bits per heavy atom. The Kier molecular flexibility index (Phi) is 12.1. The Balaban J connectivity index is 2.87. The Hall–Kier alpha value is -3.12. The number of benzene rings is 1. The van der Waals surface area contributed by atoms with Crippen LogP contribution in [0.15, 0.2) is 30.3 Å². The summed E-state index contributed by atoms with van der Waals surface area (Å²) in [5.41, 5.74) is 12.0. The number of carboxylic acids is 1. The van der Waals surface area contributed by atoms with Crippen LogP contribution in [0.2, 0.25) is 0 Å². The number of hydrogen-bond donors (Lipinski definition) is 7. The van der Waals surface area contributed by atoms with Crippen LogP contribution in [0.3, 0.4) is 0 Å². The summed E-state index contributed by atoms with van der Waals surface area (Å²) in [7, 11) is 0. The second-order valence-corrected chi connectivity index (χ2v) is 8.35. The van der Waals surface area contributed by atoms with Crippen LogP contribution in [0.4, 0.5) is 0 Å². The van der Waals surface area contributed by atoms with Crippen molar-refractivity contribution < 1.29 is 29.1 Å². The summed E-state index contributed by atoms with van der Waals surface area (Å²) in [6, 6.07) is 4.23. The highest BCUT2D eigenvalue weighted by atomic mass is 32.1. The summed E-state index contributed by atoms with van der Waals surface area (Å²) < 4.78 is 0. The van der Waals surface area contributed by atoms with Crippen LogP contribution >= 0.6 is 12.6 Å². The van der Waals surface area contributed by atoms with Crippen LogP contribution in [0, 0.1) is 5.92 Å². The average molecular weight is 496 g/mol. The van der Waals surface area contributed by atoms with Gasteiger partial charge in [0.2, 0.25) is 23.6 Å². The van der Waals surface area contributed by atoms with Crippen molar-refractivity contribution in [1.82, 2.24) is 16.0 Å². The van der Waals surface area contributed by atoms with Gasteiger partial charge in [-0.15, -0.1) is 0 Å². The molecule has 0 aliphatic carbocycles. The number of carboxylic acid groups (broad SMARTS) is 1. The molecule has 0 aromatic heterocycles. The summed E-state index contributed by atoms with van der Waals surface area (Å²) in [6.45, 7) is 3.45. The molecular formula is C22H33N5O6S. The van der Waals surface area contributed by atoms with Crippen LogP contribution in [-0.2, 0) is 30.4 Å². The fourth-order valence-corrected chi connectivity index (χ4v) is 3.31. The first-order chi connectivity index (χ1) is 16.0. The van der Waals surface area contributed by atoms with Gasteiger partial charge in [-0.1, -0.05) is 50.6 Å². The van der Waals surface area contributed by atoms with E-state index in [9.17, 15) is 29.1 Å². The van der Waals surface area contributed by atoms with Crippen molar-refractivity contribution in [3.63, 3.8) is 0 Å². The van der Waals surface area contributed by atoms with Crippen molar-refractivity contribution in [2.24, 2.45) is 17.4 Å². The van der Waals surface area contributed by atoms with E-state index in [1.54, 1.807) is 38.1 Å². The third kappa shape index (κ3) is 9.40. The van der Waals surface area contributed by atoms with E-state index >= 15 is 0 Å². The van der Waals surface area contributed by atoms with Gasteiger partial charge in [0.25, 0.3) is 0 Å². The fourth-order valence-electron chi connectivity index (χ4n) is 3.05. The van der Waals surface area contributed by atoms with Gasteiger partial charge in [-0.25, -0.2) is 4.79 Å². The first-order valence-corrected chi connectivity index (χ1v) is 11.5. The average Bonchev–Trinajstić information content (AvgIpc) is 2.79. The second-order valence-electron chi connectivity index (χ2n) is 7.98. The van der Waals surface area contributed by atoms with E-state index in [4.69, 9.17) is 11.5 Å². The molecule has 188 valence electrons. The molecule has 0 heterocycles. The third-order valence-corrected chi connectivity index (χ3v) is 5.63. The number of carbonyl (C=O) groups excluding carboxylic acids is 4. The van der Waals surface area contributed by atoms with E-state index in [0.29, 0.717) is 6.42 Å². The number of aliphatic carboxylic acids is 1. The first kappa shape index (κ1) is 28.9. The van der Waals surface area contributed by atoms with E-state index < -0.39 is 60.2 Å². The van der Waals surface area contributed by atoms with Crippen LogP contribution in [-0.4, -0.2) is 64.6 Å². The van der Waals surface area contributed by atoms with Crippen molar-refractivity contribution >= 4 is 42.2 Å². The molecule has 0 aliphatic rings. The van der Waals surface area contributed by atoms with Gasteiger partial charge in [-0.05, 0) is 17.9 Å². The Morgan fingerprint density at radius 1 is 0.971 bits per heavy atom. The van der Waals surface area contributed by atoms with Crippen molar-refractivity contribution in [2.75, 3.05) is 5.75 Å². The summed E-state index contributed by atoms with van der Waals surface area (Å²) >= 11 is 4.05. The van der Waals surface area contributed by atoms with Gasteiger partial charge in [0.1, 0.15) is 18.1 Å². The van der Waals surface area contributed by atoms with Gasteiger partial charge in [-0.2, -0.15) is 12.6 Å². The monoisotopic (exact) mass is 495 g/mol. The Labute approximate surface area is 203 Å². The second kappa shape index (κ2) is 14.2. The number of nitrogens with one attached hydrogen (secondary N) is 3. The van der Waals surface area contributed by atoms with Crippen molar-refractivity contribution in [2.45, 2.75) is 57.3 Å². The van der Waals surface area contributed by atoms with Gasteiger partial charge in [0.15, 0.2) is 0 Å². The molecule has 12 heteroatoms. The van der Waals surface area contributed by atoms with E-state index in [0.717, 1.165) is 5.56 Å². The first-order valence-electron chi connectivity index (χ1n) is 10.8. The molecule has 34 heavy (non-hydrogen) atoms. The number of rotatable bonds is 14. The van der Waals surface area contributed by atoms with Gasteiger partial charge in [0, 0.05) is 5.75 Å². The lowest BCUT2D eigenvalue weighted by Gasteiger charge is -2.25. The van der Waals surface area contributed by atoms with Crippen molar-refractivity contribution in [3.8, 4) is 0 Å². The number of hydrogen-bond acceptors (Lipinski definition) is 7. The van der Waals surface area contributed by atoms with Crippen LogP contribution in [0.1, 0.15) is 32.3 Å². The van der Waals surface area contributed by atoms with E-state index in [-0.39, 0.29) is 18.1 Å². The topological polar surface area (TPSA) is 194 Å². The normalized spacial score (nSPS) is 15.2. The molecule has 0 radical (unpaired) electrons. The molecule has 8 N–H and O–H groups in total. The number of amides is 4. The Bertz CT molecular complexity index is 869. The SMILES string of the molecule is CCC(C)C(NC(=O)C(CS)NC(=O)C(CC(N)=O)NC(=O)C(N)Cc1ccccc1)C(=O)O. The zero-order valence-corrected chi connectivity index (χ0v) is 20.1. The lowest BCUT2D eigenvalue weighted by atomic mass is 9.99. The number of primary amides is 1. The van der Waals surface area contributed by atoms with Crippen LogP contribution < -0.4 is 27.4 Å². The highest BCUT2D eigenvalue weighted by molar-refractivity contribution is 7.80. The molecule has 1 aromatic rings. The summed E-state index contributed by atoms with van der Waals surface area (Å²) in [4.78, 5) is 60.9. The van der Waals surface area contributed by atoms with E-state index in [1.165, 1.54) is 0 Å². The van der Waals surface area contributed by atoms with Crippen molar-refractivity contribution in [1.29, 1.82) is 0 Å². The zero-order valence-electron chi connectivity index (χ0n) is 19.2. The van der Waals surface area contributed by atoms with Crippen LogP contribution in [0.25, 0.3) is 0 Å². The van der Waals surface area contributed by atoms with E-state index in [2.05, 4.69) is 28.6 Å². The van der Waals surface area contributed by atoms with Crippen LogP contribution in [0.5, 0.6) is 0 Å². The maximum absolute atomic E-state index is 12.8. The molecule has 0 aliphatic heterocycles. The Morgan fingerprint density at radius 2 is 1.53 bits per heavy atom. The third-order valence-electron chi connectivity index (χ3n) is 5.27. The van der Waals surface area contributed by atoms with E-state index in [1.807, 2.05) is 6.07 Å². The molecule has 0 saturated carbocycles. The van der Waals surface area contributed by atoms with Gasteiger partial charge >= 0.3 is 5.97 Å². The molecular weight excluding hydrogens is 462 g/mol. The predicted octanol–water partition coefficient (Wildman–Crippen LogP) is -1.05. The molecule has 0 spiro atoms. The van der Waals surface area contributed by atoms with Gasteiger partial charge in [0.05, 0.1) is 12.5 Å². The lowest BCUT2D eigenvalue weighted by molar-refractivity contribution is -0.143. The molecule has 4 amide bonds. The number of thiol groups is 1. The van der Waals surface area contributed by atoms with Crippen molar-refractivity contribution in [3.05, 3.63) is 35.9 Å². The molecule has 11 nitrogen and oxygen atoms in total. The highest BCUT2D eigenvalue weighted by Crippen LogP contribution is 2.09. The molecule has 5 atom stereocenters. The molecule has 5 unspecified atom stereocenters. The maximum Gasteiger partial charge on any atom is 0.326 e. The summed E-state index contributed by atoms with van der Waals surface area (Å²) in [5, 5.41) is 16.5.